The average molecular weight is 271 g/mol. The zero-order valence-corrected chi connectivity index (χ0v) is 12.0. The van der Waals surface area contributed by atoms with Crippen LogP contribution in [0.2, 0.25) is 0 Å². The van der Waals surface area contributed by atoms with Crippen molar-refractivity contribution in [3.8, 4) is 0 Å². The van der Waals surface area contributed by atoms with Gasteiger partial charge in [0.1, 0.15) is 0 Å². The molecule has 19 heavy (non-hydrogen) atoms. The standard InChI is InChI=1S/C13H25N3O3/c1-4-10(2)16(3)8-7-14-12(19)15-9-13(5-6-13)11(17)18/h10H,4-9H2,1-3H3,(H,17,18)(H2,14,15,19). The Morgan fingerprint density at radius 1 is 1.37 bits per heavy atom. The molecule has 0 aromatic rings. The Balaban J connectivity index is 2.14. The molecule has 110 valence electrons. The van der Waals surface area contributed by atoms with Gasteiger partial charge < -0.3 is 20.6 Å². The Hall–Kier alpha value is -1.30. The molecule has 1 saturated carbocycles. The number of rotatable bonds is 8. The maximum atomic E-state index is 11.5. The van der Waals surface area contributed by atoms with E-state index in [1.54, 1.807) is 0 Å². The molecule has 1 unspecified atom stereocenters. The van der Waals surface area contributed by atoms with Crippen molar-refractivity contribution in [3.05, 3.63) is 0 Å². The topological polar surface area (TPSA) is 81.7 Å². The van der Waals surface area contributed by atoms with E-state index in [4.69, 9.17) is 5.11 Å². The van der Waals surface area contributed by atoms with Gasteiger partial charge in [0, 0.05) is 25.7 Å². The number of carbonyl (C=O) groups excluding carboxylic acids is 1. The lowest BCUT2D eigenvalue weighted by molar-refractivity contribution is -0.143. The van der Waals surface area contributed by atoms with Crippen LogP contribution < -0.4 is 10.6 Å². The van der Waals surface area contributed by atoms with E-state index in [1.165, 1.54) is 0 Å². The molecule has 1 atom stereocenters. The van der Waals surface area contributed by atoms with Crippen molar-refractivity contribution in [1.82, 2.24) is 15.5 Å². The molecule has 1 fully saturated rings. The van der Waals surface area contributed by atoms with E-state index >= 15 is 0 Å². The summed E-state index contributed by atoms with van der Waals surface area (Å²) in [5, 5.41) is 14.4. The summed E-state index contributed by atoms with van der Waals surface area (Å²) in [5.74, 6) is -0.815. The molecule has 0 aromatic carbocycles. The number of urea groups is 1. The fourth-order valence-electron chi connectivity index (χ4n) is 1.81. The van der Waals surface area contributed by atoms with Gasteiger partial charge >= 0.3 is 12.0 Å². The number of hydrogen-bond donors (Lipinski definition) is 3. The molecule has 1 rings (SSSR count). The van der Waals surface area contributed by atoms with E-state index < -0.39 is 11.4 Å². The van der Waals surface area contributed by atoms with Crippen LogP contribution in [0.5, 0.6) is 0 Å². The molecule has 6 nitrogen and oxygen atoms in total. The quantitative estimate of drug-likeness (QED) is 0.612. The molecule has 3 N–H and O–H groups in total. The van der Waals surface area contributed by atoms with Crippen molar-refractivity contribution in [2.24, 2.45) is 5.41 Å². The lowest BCUT2D eigenvalue weighted by atomic mass is 10.1. The SMILES string of the molecule is CCC(C)N(C)CCNC(=O)NCC1(C(=O)O)CC1. The minimum atomic E-state index is -0.815. The zero-order chi connectivity index (χ0) is 14.5. The minimum absolute atomic E-state index is 0.218. The largest absolute Gasteiger partial charge is 0.481 e. The maximum absolute atomic E-state index is 11.5. The number of aliphatic carboxylic acids is 1. The summed E-state index contributed by atoms with van der Waals surface area (Å²) in [6, 6.07) is 0.205. The van der Waals surface area contributed by atoms with E-state index in [0.29, 0.717) is 25.4 Å². The highest BCUT2D eigenvalue weighted by Crippen LogP contribution is 2.45. The highest BCUT2D eigenvalue weighted by molar-refractivity contribution is 5.80. The Kier molecular flexibility index (Phi) is 5.60. The number of nitrogens with zero attached hydrogens (tertiary/aromatic N) is 1. The van der Waals surface area contributed by atoms with Crippen molar-refractivity contribution in [1.29, 1.82) is 0 Å². The van der Waals surface area contributed by atoms with Gasteiger partial charge in [-0.1, -0.05) is 6.92 Å². The first-order chi connectivity index (χ1) is 8.91. The van der Waals surface area contributed by atoms with Crippen LogP contribution in [0.1, 0.15) is 33.1 Å². The predicted octanol–water partition coefficient (Wildman–Crippen LogP) is 0.881. The van der Waals surface area contributed by atoms with Gasteiger partial charge in [0.05, 0.1) is 5.41 Å². The van der Waals surface area contributed by atoms with E-state index in [1.807, 2.05) is 7.05 Å². The fourth-order valence-corrected chi connectivity index (χ4v) is 1.81. The summed E-state index contributed by atoms with van der Waals surface area (Å²) >= 11 is 0. The highest BCUT2D eigenvalue weighted by Gasteiger charge is 2.50. The molecule has 0 heterocycles. The minimum Gasteiger partial charge on any atom is -0.481 e. The molecule has 2 amide bonds. The monoisotopic (exact) mass is 271 g/mol. The third kappa shape index (κ3) is 4.70. The van der Waals surface area contributed by atoms with Crippen LogP contribution in [-0.2, 0) is 4.79 Å². The number of nitrogens with one attached hydrogen (secondary N) is 2. The number of carbonyl (C=O) groups is 2. The van der Waals surface area contributed by atoms with E-state index in [-0.39, 0.29) is 12.6 Å². The summed E-state index contributed by atoms with van der Waals surface area (Å²) in [7, 11) is 2.03. The normalized spacial score (nSPS) is 17.9. The van der Waals surface area contributed by atoms with Crippen molar-refractivity contribution in [2.45, 2.75) is 39.2 Å². The van der Waals surface area contributed by atoms with E-state index in [0.717, 1.165) is 13.0 Å². The van der Waals surface area contributed by atoms with Crippen LogP contribution in [-0.4, -0.2) is 54.7 Å². The molecule has 0 bridgehead atoms. The van der Waals surface area contributed by atoms with Crippen molar-refractivity contribution in [2.75, 3.05) is 26.7 Å². The second kappa shape index (κ2) is 6.75. The number of carboxylic acids is 1. The Labute approximate surface area is 114 Å². The molecule has 0 aromatic heterocycles. The Morgan fingerprint density at radius 2 is 2.00 bits per heavy atom. The molecule has 0 radical (unpaired) electrons. The summed E-state index contributed by atoms with van der Waals surface area (Å²) in [5.41, 5.74) is -0.704. The van der Waals surface area contributed by atoms with E-state index in [2.05, 4.69) is 29.4 Å². The summed E-state index contributed by atoms with van der Waals surface area (Å²) in [6.45, 7) is 5.83. The number of amides is 2. The van der Waals surface area contributed by atoms with Crippen molar-refractivity contribution < 1.29 is 14.7 Å². The van der Waals surface area contributed by atoms with Gasteiger partial charge in [-0.2, -0.15) is 0 Å². The van der Waals surface area contributed by atoms with Crippen molar-refractivity contribution in [3.63, 3.8) is 0 Å². The molecule has 0 spiro atoms. The van der Waals surface area contributed by atoms with Gasteiger partial charge in [0.25, 0.3) is 0 Å². The highest BCUT2D eigenvalue weighted by atomic mass is 16.4. The van der Waals surface area contributed by atoms with Gasteiger partial charge in [0.15, 0.2) is 0 Å². The van der Waals surface area contributed by atoms with Gasteiger partial charge in [-0.15, -0.1) is 0 Å². The lowest BCUT2D eigenvalue weighted by Crippen LogP contribution is -2.43. The number of hydrogen-bond acceptors (Lipinski definition) is 3. The van der Waals surface area contributed by atoms with Crippen LogP contribution in [0.3, 0.4) is 0 Å². The third-order valence-corrected chi connectivity index (χ3v) is 3.99. The van der Waals surface area contributed by atoms with Gasteiger partial charge in [0.2, 0.25) is 0 Å². The van der Waals surface area contributed by atoms with Gasteiger partial charge in [-0.3, -0.25) is 4.79 Å². The molecule has 6 heteroatoms. The molecule has 0 aliphatic heterocycles. The maximum Gasteiger partial charge on any atom is 0.314 e. The Morgan fingerprint density at radius 3 is 2.47 bits per heavy atom. The third-order valence-electron chi connectivity index (χ3n) is 3.99. The summed E-state index contributed by atoms with van der Waals surface area (Å²) in [6.07, 6.45) is 2.38. The average Bonchev–Trinajstić information content (AvgIpc) is 3.16. The fraction of sp³-hybridized carbons (Fsp3) is 0.846. The molecular formula is C13H25N3O3. The van der Waals surface area contributed by atoms with E-state index in [9.17, 15) is 9.59 Å². The first kappa shape index (κ1) is 15.8. The molecule has 1 aliphatic carbocycles. The van der Waals surface area contributed by atoms with Crippen LogP contribution in [0.25, 0.3) is 0 Å². The van der Waals surface area contributed by atoms with Crippen LogP contribution in [0.15, 0.2) is 0 Å². The van der Waals surface area contributed by atoms with Crippen molar-refractivity contribution >= 4 is 12.0 Å². The first-order valence-corrected chi connectivity index (χ1v) is 6.86. The van der Waals surface area contributed by atoms with Crippen LogP contribution in [0.4, 0.5) is 4.79 Å². The van der Waals surface area contributed by atoms with Gasteiger partial charge in [-0.25, -0.2) is 4.79 Å². The van der Waals surface area contributed by atoms with Crippen LogP contribution in [0, 0.1) is 5.41 Å². The second-order valence-corrected chi connectivity index (χ2v) is 5.43. The number of likely N-dealkylation sites (N-methyl/N-ethyl adjacent to an activating group) is 1. The molecular weight excluding hydrogens is 246 g/mol. The Bertz CT molecular complexity index is 329. The first-order valence-electron chi connectivity index (χ1n) is 6.86. The summed E-state index contributed by atoms with van der Waals surface area (Å²) < 4.78 is 0. The number of carboxylic acid groups (broad SMARTS) is 1. The summed E-state index contributed by atoms with van der Waals surface area (Å²) in [4.78, 5) is 24.6. The second-order valence-electron chi connectivity index (χ2n) is 5.43. The van der Waals surface area contributed by atoms with Crippen LogP contribution >= 0.6 is 0 Å². The predicted molar refractivity (Wildman–Crippen MR) is 73.1 cm³/mol. The van der Waals surface area contributed by atoms with Gasteiger partial charge in [-0.05, 0) is 33.2 Å². The lowest BCUT2D eigenvalue weighted by Gasteiger charge is -2.23. The molecule has 1 aliphatic rings. The molecule has 0 saturated heterocycles. The smallest absolute Gasteiger partial charge is 0.314 e. The zero-order valence-electron chi connectivity index (χ0n) is 12.0.